The Morgan fingerprint density at radius 2 is 2.38 bits per heavy atom. The maximum Gasteiger partial charge on any atom is -0.0135 e. The highest BCUT2D eigenvalue weighted by atomic mass is 14.0. The Kier molecular flexibility index (Phi) is 4.31. The van der Waals surface area contributed by atoms with Crippen LogP contribution < -0.4 is 0 Å². The van der Waals surface area contributed by atoms with E-state index in [0.717, 1.165) is 12.8 Å². The Labute approximate surface area is 81.4 Å². The molecule has 0 bridgehead atoms. The fraction of sp³-hybridized carbons (Fsp3) is 0.385. The van der Waals surface area contributed by atoms with E-state index in [0.29, 0.717) is 0 Å². The van der Waals surface area contributed by atoms with Gasteiger partial charge in [-0.25, -0.2) is 0 Å². The van der Waals surface area contributed by atoms with Crippen molar-refractivity contribution in [2.45, 2.75) is 32.6 Å². The van der Waals surface area contributed by atoms with E-state index in [9.17, 15) is 0 Å². The maximum absolute atomic E-state index is 3.86. The molecule has 0 saturated heterocycles. The lowest BCUT2D eigenvalue weighted by atomic mass is 10.0. The van der Waals surface area contributed by atoms with Crippen molar-refractivity contribution in [1.82, 2.24) is 0 Å². The number of allylic oxidation sites excluding steroid dienone is 7. The van der Waals surface area contributed by atoms with Gasteiger partial charge in [0.25, 0.3) is 0 Å². The predicted molar refractivity (Wildman–Crippen MR) is 59.6 cm³/mol. The minimum atomic E-state index is 1.02. The molecule has 1 aliphatic rings. The highest BCUT2D eigenvalue weighted by molar-refractivity contribution is 5.20. The molecular weight excluding hydrogens is 156 g/mol. The molecule has 0 N–H and O–H groups in total. The molecule has 0 spiro atoms. The quantitative estimate of drug-likeness (QED) is 0.561. The summed E-state index contributed by atoms with van der Waals surface area (Å²) in [5.41, 5.74) is 2.77. The summed E-state index contributed by atoms with van der Waals surface area (Å²) in [6, 6.07) is 0. The van der Waals surface area contributed by atoms with E-state index in [2.05, 4.69) is 43.9 Å². The summed E-state index contributed by atoms with van der Waals surface area (Å²) in [5.74, 6) is 0. The van der Waals surface area contributed by atoms with E-state index in [1.54, 1.807) is 5.57 Å². The van der Waals surface area contributed by atoms with Crippen molar-refractivity contribution in [1.29, 1.82) is 0 Å². The lowest BCUT2D eigenvalue weighted by Crippen LogP contribution is -1.84. The molecule has 0 fully saturated rings. The molecule has 1 aliphatic carbocycles. The highest BCUT2D eigenvalue weighted by Crippen LogP contribution is 2.15. The number of hydrogen-bond acceptors (Lipinski definition) is 0. The van der Waals surface area contributed by atoms with Crippen LogP contribution in [0.25, 0.3) is 0 Å². The molecule has 0 amide bonds. The van der Waals surface area contributed by atoms with E-state index in [1.807, 2.05) is 0 Å². The fourth-order valence-corrected chi connectivity index (χ4v) is 1.34. The normalized spacial score (nSPS) is 16.2. The summed E-state index contributed by atoms with van der Waals surface area (Å²) in [4.78, 5) is 0. The van der Waals surface area contributed by atoms with Crippen LogP contribution in [-0.2, 0) is 0 Å². The zero-order valence-electron chi connectivity index (χ0n) is 8.42. The van der Waals surface area contributed by atoms with Gasteiger partial charge < -0.3 is 0 Å². The Bertz CT molecular complexity index is 251. The molecule has 0 radical (unpaired) electrons. The van der Waals surface area contributed by atoms with E-state index in [4.69, 9.17) is 0 Å². The van der Waals surface area contributed by atoms with Crippen LogP contribution >= 0.6 is 0 Å². The fourth-order valence-electron chi connectivity index (χ4n) is 1.34. The van der Waals surface area contributed by atoms with Crippen LogP contribution in [0.2, 0.25) is 0 Å². The van der Waals surface area contributed by atoms with Crippen LogP contribution in [0.3, 0.4) is 0 Å². The molecule has 0 heterocycles. The van der Waals surface area contributed by atoms with Gasteiger partial charge in [0.2, 0.25) is 0 Å². The summed E-state index contributed by atoms with van der Waals surface area (Å²) in [7, 11) is 0. The van der Waals surface area contributed by atoms with E-state index >= 15 is 0 Å². The second-order valence-corrected chi connectivity index (χ2v) is 3.63. The van der Waals surface area contributed by atoms with Gasteiger partial charge in [0.1, 0.15) is 0 Å². The van der Waals surface area contributed by atoms with Gasteiger partial charge in [0, 0.05) is 0 Å². The van der Waals surface area contributed by atoms with E-state index < -0.39 is 0 Å². The standard InChI is InChI=1S/C13H18/c1-12(2)8-6-7-11-13-9-4-3-5-10-13/h3-4,6-7,9H,1,5,8,10-11H2,2H3. The van der Waals surface area contributed by atoms with Gasteiger partial charge in [-0.05, 0) is 32.6 Å². The molecule has 0 saturated carbocycles. The average molecular weight is 174 g/mol. The molecule has 0 aliphatic heterocycles. The van der Waals surface area contributed by atoms with Gasteiger partial charge in [0.05, 0.1) is 0 Å². The minimum absolute atomic E-state index is 1.02. The molecule has 0 aromatic carbocycles. The van der Waals surface area contributed by atoms with E-state index in [1.165, 1.54) is 18.4 Å². The van der Waals surface area contributed by atoms with Crippen LogP contribution in [0.4, 0.5) is 0 Å². The summed E-state index contributed by atoms with van der Waals surface area (Å²) in [5, 5.41) is 0. The summed E-state index contributed by atoms with van der Waals surface area (Å²) >= 11 is 0. The largest absolute Gasteiger partial charge is 0.0998 e. The Balaban J connectivity index is 2.25. The van der Waals surface area contributed by atoms with Crippen LogP contribution in [0.5, 0.6) is 0 Å². The molecule has 13 heavy (non-hydrogen) atoms. The topological polar surface area (TPSA) is 0 Å². The zero-order chi connectivity index (χ0) is 9.52. The van der Waals surface area contributed by atoms with Crippen molar-refractivity contribution < 1.29 is 0 Å². The van der Waals surface area contributed by atoms with Gasteiger partial charge in [-0.1, -0.05) is 48.1 Å². The average Bonchev–Trinajstić information content (AvgIpc) is 2.14. The molecule has 0 nitrogen and oxygen atoms in total. The van der Waals surface area contributed by atoms with Gasteiger partial charge in [-0.15, -0.1) is 0 Å². The van der Waals surface area contributed by atoms with Crippen molar-refractivity contribution in [2.75, 3.05) is 0 Å². The van der Waals surface area contributed by atoms with Crippen molar-refractivity contribution in [3.8, 4) is 0 Å². The van der Waals surface area contributed by atoms with Crippen molar-refractivity contribution in [3.63, 3.8) is 0 Å². The van der Waals surface area contributed by atoms with Crippen LogP contribution in [-0.4, -0.2) is 0 Å². The van der Waals surface area contributed by atoms with E-state index in [-0.39, 0.29) is 0 Å². The van der Waals surface area contributed by atoms with Crippen molar-refractivity contribution >= 4 is 0 Å². The minimum Gasteiger partial charge on any atom is -0.0998 e. The summed E-state index contributed by atoms with van der Waals surface area (Å²) in [6.07, 6.45) is 15.6. The third-order valence-electron chi connectivity index (χ3n) is 2.11. The lowest BCUT2D eigenvalue weighted by molar-refractivity contribution is 0.923. The molecule has 70 valence electrons. The van der Waals surface area contributed by atoms with Crippen molar-refractivity contribution in [3.05, 3.63) is 48.1 Å². The first-order chi connectivity index (χ1) is 6.29. The molecular formula is C13H18. The van der Waals surface area contributed by atoms with Crippen LogP contribution in [0, 0.1) is 0 Å². The zero-order valence-corrected chi connectivity index (χ0v) is 8.42. The smallest absolute Gasteiger partial charge is 0.0135 e. The van der Waals surface area contributed by atoms with Crippen LogP contribution in [0.1, 0.15) is 32.6 Å². The van der Waals surface area contributed by atoms with Gasteiger partial charge >= 0.3 is 0 Å². The number of rotatable bonds is 4. The second-order valence-electron chi connectivity index (χ2n) is 3.63. The van der Waals surface area contributed by atoms with Gasteiger partial charge in [0.15, 0.2) is 0 Å². The van der Waals surface area contributed by atoms with Gasteiger partial charge in [-0.2, -0.15) is 0 Å². The lowest BCUT2D eigenvalue weighted by Gasteiger charge is -2.04. The monoisotopic (exact) mass is 174 g/mol. The maximum atomic E-state index is 3.86. The van der Waals surface area contributed by atoms with Gasteiger partial charge in [-0.3, -0.25) is 0 Å². The Morgan fingerprint density at radius 1 is 1.54 bits per heavy atom. The third kappa shape index (κ3) is 4.51. The molecule has 0 heteroatoms. The highest BCUT2D eigenvalue weighted by Gasteiger charge is 1.95. The Morgan fingerprint density at radius 3 is 3.00 bits per heavy atom. The molecule has 0 aromatic rings. The summed E-state index contributed by atoms with van der Waals surface area (Å²) < 4.78 is 0. The first kappa shape index (κ1) is 10.0. The molecule has 1 rings (SSSR count). The first-order valence-corrected chi connectivity index (χ1v) is 4.93. The molecule has 0 aromatic heterocycles. The third-order valence-corrected chi connectivity index (χ3v) is 2.11. The first-order valence-electron chi connectivity index (χ1n) is 4.93. The molecule has 0 unspecified atom stereocenters. The second kappa shape index (κ2) is 5.58. The van der Waals surface area contributed by atoms with Crippen LogP contribution in [0.15, 0.2) is 48.1 Å². The Hall–Kier alpha value is -1.04. The summed E-state index contributed by atoms with van der Waals surface area (Å²) in [6.45, 7) is 5.92. The number of hydrogen-bond donors (Lipinski definition) is 0. The molecule has 0 atom stereocenters. The SMILES string of the molecule is C=C(C)CC=CCC1=CC=CCC1. The van der Waals surface area contributed by atoms with Crippen molar-refractivity contribution in [2.24, 2.45) is 0 Å². The predicted octanol–water partition coefficient (Wildman–Crippen LogP) is 4.18.